The van der Waals surface area contributed by atoms with E-state index >= 15 is 0 Å². The summed E-state index contributed by atoms with van der Waals surface area (Å²) in [6, 6.07) is 9.40. The molecule has 0 unspecified atom stereocenters. The number of rotatable bonds is 4. The molecule has 2 atom stereocenters. The fraction of sp³-hybridized carbons (Fsp3) is 0.500. The Morgan fingerprint density at radius 2 is 2.21 bits per heavy atom. The number of aliphatic hydroxyl groups is 1. The van der Waals surface area contributed by atoms with Crippen LogP contribution in [0.1, 0.15) is 18.4 Å². The summed E-state index contributed by atoms with van der Waals surface area (Å²) in [6.07, 6.45) is 0.764. The van der Waals surface area contributed by atoms with E-state index in [0.29, 0.717) is 12.3 Å². The van der Waals surface area contributed by atoms with Gasteiger partial charge in [-0.2, -0.15) is 12.6 Å². The first-order chi connectivity index (χ1) is 9.22. The van der Waals surface area contributed by atoms with E-state index in [0.717, 1.165) is 18.4 Å². The maximum atomic E-state index is 12.0. The summed E-state index contributed by atoms with van der Waals surface area (Å²) in [5, 5.41) is 9.84. The molecule has 5 heteroatoms. The number of hydrogen-bond donors (Lipinski definition) is 2. The summed E-state index contributed by atoms with van der Waals surface area (Å²) < 4.78 is 5.29. The number of nitrogens with zero attached hydrogens (tertiary/aromatic N) is 1. The van der Waals surface area contributed by atoms with Crippen LogP contribution in [0.25, 0.3) is 0 Å². The van der Waals surface area contributed by atoms with Gasteiger partial charge in [0.15, 0.2) is 0 Å². The zero-order valence-electron chi connectivity index (χ0n) is 10.7. The summed E-state index contributed by atoms with van der Waals surface area (Å²) in [5.74, 6) is 0.354. The molecular formula is C14H19NO3S. The van der Waals surface area contributed by atoms with Crippen LogP contribution in [0.5, 0.6) is 0 Å². The average Bonchev–Trinajstić information content (AvgIpc) is 2.94. The normalized spacial score (nSPS) is 20.3. The Kier molecular flexibility index (Phi) is 5.10. The molecule has 1 fully saturated rings. The van der Waals surface area contributed by atoms with E-state index in [1.165, 1.54) is 0 Å². The summed E-state index contributed by atoms with van der Waals surface area (Å²) in [4.78, 5) is 13.6. The summed E-state index contributed by atoms with van der Waals surface area (Å²) >= 11 is 4.08. The highest BCUT2D eigenvalue weighted by atomic mass is 32.1. The minimum atomic E-state index is -0.588. The maximum absolute atomic E-state index is 12.0. The maximum Gasteiger partial charge on any atom is 0.410 e. The third-order valence-corrected chi connectivity index (χ3v) is 3.74. The first-order valence-corrected chi connectivity index (χ1v) is 7.12. The molecule has 1 amide bonds. The largest absolute Gasteiger partial charge is 0.445 e. The number of carbonyl (C=O) groups is 1. The Balaban J connectivity index is 1.89. The topological polar surface area (TPSA) is 49.8 Å². The molecule has 4 nitrogen and oxygen atoms in total. The first kappa shape index (κ1) is 14.2. The van der Waals surface area contributed by atoms with E-state index in [9.17, 15) is 9.90 Å². The van der Waals surface area contributed by atoms with Crippen LogP contribution >= 0.6 is 12.6 Å². The lowest BCUT2D eigenvalue weighted by Gasteiger charge is -2.27. The van der Waals surface area contributed by atoms with E-state index < -0.39 is 6.10 Å². The van der Waals surface area contributed by atoms with Gasteiger partial charge < -0.3 is 14.7 Å². The molecule has 0 spiro atoms. The molecule has 0 aromatic heterocycles. The number of thiol groups is 1. The van der Waals surface area contributed by atoms with Gasteiger partial charge in [-0.3, -0.25) is 0 Å². The Morgan fingerprint density at radius 3 is 2.89 bits per heavy atom. The molecule has 1 aromatic rings. The Bertz CT molecular complexity index is 412. The number of aliphatic hydroxyl groups excluding tert-OH is 1. The van der Waals surface area contributed by atoms with E-state index in [1.807, 2.05) is 30.3 Å². The first-order valence-electron chi connectivity index (χ1n) is 6.48. The second-order valence-corrected chi connectivity index (χ2v) is 5.06. The molecule has 1 aromatic carbocycles. The summed E-state index contributed by atoms with van der Waals surface area (Å²) in [7, 11) is 0. The van der Waals surface area contributed by atoms with Crippen LogP contribution in [0.3, 0.4) is 0 Å². The second kappa shape index (κ2) is 6.82. The zero-order valence-corrected chi connectivity index (χ0v) is 11.6. The summed E-state index contributed by atoms with van der Waals surface area (Å²) in [5.41, 5.74) is 0.960. The van der Waals surface area contributed by atoms with Gasteiger partial charge >= 0.3 is 6.09 Å². The molecule has 0 bridgehead atoms. The molecule has 0 aliphatic carbocycles. The molecule has 0 radical (unpaired) electrons. The van der Waals surface area contributed by atoms with Gasteiger partial charge in [-0.05, 0) is 18.4 Å². The van der Waals surface area contributed by atoms with Crippen LogP contribution in [-0.4, -0.2) is 40.5 Å². The average molecular weight is 281 g/mol. The highest BCUT2D eigenvalue weighted by Gasteiger charge is 2.34. The number of amides is 1. The van der Waals surface area contributed by atoms with Crippen molar-refractivity contribution in [3.8, 4) is 0 Å². The molecule has 1 heterocycles. The second-order valence-electron chi connectivity index (χ2n) is 4.69. The predicted molar refractivity (Wildman–Crippen MR) is 76.2 cm³/mol. The quantitative estimate of drug-likeness (QED) is 0.831. The highest BCUT2D eigenvalue weighted by molar-refractivity contribution is 7.80. The van der Waals surface area contributed by atoms with Gasteiger partial charge in [-0.1, -0.05) is 30.3 Å². The number of carbonyl (C=O) groups excluding carboxylic acids is 1. The van der Waals surface area contributed by atoms with E-state index in [1.54, 1.807) is 4.90 Å². The van der Waals surface area contributed by atoms with Crippen molar-refractivity contribution in [1.82, 2.24) is 4.90 Å². The molecule has 0 saturated carbocycles. The van der Waals surface area contributed by atoms with E-state index in [-0.39, 0.29) is 18.7 Å². The number of likely N-dealkylation sites (tertiary alicyclic amines) is 1. The lowest BCUT2D eigenvalue weighted by atomic mass is 10.1. The minimum absolute atomic E-state index is 0.166. The smallest absolute Gasteiger partial charge is 0.410 e. The van der Waals surface area contributed by atoms with Crippen molar-refractivity contribution >= 4 is 18.7 Å². The van der Waals surface area contributed by atoms with Gasteiger partial charge in [0.05, 0.1) is 12.1 Å². The van der Waals surface area contributed by atoms with Crippen LogP contribution in [0, 0.1) is 0 Å². The molecule has 104 valence electrons. The number of ether oxygens (including phenoxy) is 1. The van der Waals surface area contributed by atoms with Gasteiger partial charge in [-0.25, -0.2) is 4.79 Å². The molecule has 2 rings (SSSR count). The van der Waals surface area contributed by atoms with Crippen molar-refractivity contribution in [2.45, 2.75) is 31.6 Å². The Hall–Kier alpha value is -1.20. The van der Waals surface area contributed by atoms with E-state index in [4.69, 9.17) is 4.74 Å². The van der Waals surface area contributed by atoms with Crippen molar-refractivity contribution in [1.29, 1.82) is 0 Å². The lowest BCUT2D eigenvalue weighted by Crippen LogP contribution is -2.43. The molecule has 19 heavy (non-hydrogen) atoms. The van der Waals surface area contributed by atoms with Crippen LogP contribution in [0.4, 0.5) is 4.79 Å². The molecular weight excluding hydrogens is 262 g/mol. The Morgan fingerprint density at radius 1 is 1.47 bits per heavy atom. The van der Waals surface area contributed by atoms with Gasteiger partial charge in [0.2, 0.25) is 0 Å². The minimum Gasteiger partial charge on any atom is -0.445 e. The van der Waals surface area contributed by atoms with Gasteiger partial charge in [0.1, 0.15) is 6.61 Å². The van der Waals surface area contributed by atoms with Crippen molar-refractivity contribution in [2.75, 3.05) is 12.3 Å². The number of benzene rings is 1. The van der Waals surface area contributed by atoms with Crippen molar-refractivity contribution in [2.24, 2.45) is 0 Å². The van der Waals surface area contributed by atoms with Crippen LogP contribution in [-0.2, 0) is 11.3 Å². The van der Waals surface area contributed by atoms with Gasteiger partial charge in [-0.15, -0.1) is 0 Å². The fourth-order valence-electron chi connectivity index (χ4n) is 2.34. The molecule has 1 aliphatic heterocycles. The molecule has 1 aliphatic rings. The van der Waals surface area contributed by atoms with Crippen LogP contribution in [0.2, 0.25) is 0 Å². The standard InChI is InChI=1S/C14H19NO3S/c16-13(10-19)12-7-4-8-15(12)14(17)18-9-11-5-2-1-3-6-11/h1-3,5-6,12-13,16,19H,4,7-10H2/t12-,13-/m0/s1. The fourth-order valence-corrected chi connectivity index (χ4v) is 2.59. The molecule has 1 saturated heterocycles. The van der Waals surface area contributed by atoms with Crippen molar-refractivity contribution in [3.05, 3.63) is 35.9 Å². The lowest BCUT2D eigenvalue weighted by molar-refractivity contribution is 0.0569. The zero-order chi connectivity index (χ0) is 13.7. The van der Waals surface area contributed by atoms with Crippen molar-refractivity contribution < 1.29 is 14.6 Å². The number of hydrogen-bond acceptors (Lipinski definition) is 4. The third kappa shape index (κ3) is 3.64. The third-order valence-electron chi connectivity index (χ3n) is 3.37. The van der Waals surface area contributed by atoms with Gasteiger partial charge in [0, 0.05) is 12.3 Å². The molecule has 1 N–H and O–H groups in total. The predicted octanol–water partition coefficient (Wildman–Crippen LogP) is 2.08. The van der Waals surface area contributed by atoms with E-state index in [2.05, 4.69) is 12.6 Å². The highest BCUT2D eigenvalue weighted by Crippen LogP contribution is 2.22. The monoisotopic (exact) mass is 281 g/mol. The van der Waals surface area contributed by atoms with Gasteiger partial charge in [0.25, 0.3) is 0 Å². The van der Waals surface area contributed by atoms with Crippen LogP contribution in [0.15, 0.2) is 30.3 Å². The summed E-state index contributed by atoms with van der Waals surface area (Å²) in [6.45, 7) is 0.906. The van der Waals surface area contributed by atoms with Crippen molar-refractivity contribution in [3.63, 3.8) is 0 Å². The SMILES string of the molecule is O=C(OCc1ccccc1)N1CCC[C@H]1[C@@H](O)CS. The van der Waals surface area contributed by atoms with Crippen LogP contribution < -0.4 is 0 Å². The Labute approximate surface area is 118 Å².